The van der Waals surface area contributed by atoms with Gasteiger partial charge in [0.2, 0.25) is 0 Å². The van der Waals surface area contributed by atoms with Crippen LogP contribution < -0.4 is 24.5 Å². The van der Waals surface area contributed by atoms with Gasteiger partial charge in [-0.05, 0) is 358 Å². The monoisotopic (exact) mass is 1450 g/mol. The Morgan fingerprint density at radius 2 is 0.420 bits per heavy atom. The fourth-order valence-electron chi connectivity index (χ4n) is 14.8. The summed E-state index contributed by atoms with van der Waals surface area (Å²) in [5.41, 5.74) is 39.0. The largest absolute Gasteiger partial charge is 0.311 e. The van der Waals surface area contributed by atoms with Crippen LogP contribution in [-0.2, 0) is 0 Å². The molecule has 552 valence electrons. The highest BCUT2D eigenvalue weighted by molar-refractivity contribution is 5.87. The van der Waals surface area contributed by atoms with Crippen molar-refractivity contribution in [2.75, 3.05) is 24.5 Å². The van der Waals surface area contributed by atoms with Gasteiger partial charge in [0.25, 0.3) is 0 Å². The van der Waals surface area contributed by atoms with Gasteiger partial charge in [0.05, 0.1) is 0 Å². The van der Waals surface area contributed by atoms with E-state index < -0.39 is 0 Å². The van der Waals surface area contributed by atoms with Gasteiger partial charge in [-0.15, -0.1) is 0 Å². The summed E-state index contributed by atoms with van der Waals surface area (Å²) in [6.45, 7) is 35.6. The van der Waals surface area contributed by atoms with Crippen molar-refractivity contribution in [1.82, 2.24) is 0 Å². The molecule has 0 atom stereocenters. The summed E-state index contributed by atoms with van der Waals surface area (Å²) in [5, 5.41) is 0. The van der Waals surface area contributed by atoms with E-state index in [0.29, 0.717) is 0 Å². The maximum atomic E-state index is 3.99. The molecule has 0 radical (unpaired) electrons. The molecule has 5 heteroatoms. The normalized spacial score (nSPS) is 10.7. The molecule has 0 bridgehead atoms. The van der Waals surface area contributed by atoms with Crippen LogP contribution in [0.1, 0.15) is 77.9 Å². The van der Waals surface area contributed by atoms with E-state index >= 15 is 0 Å². The minimum atomic E-state index is 1.12. The van der Waals surface area contributed by atoms with Crippen LogP contribution in [0.25, 0.3) is 40.5 Å². The Morgan fingerprint density at radius 1 is 0.179 bits per heavy atom. The molecule has 112 heavy (non-hydrogen) atoms. The molecule has 15 rings (SSSR count). The van der Waals surface area contributed by atoms with Crippen LogP contribution in [0.4, 0.5) is 85.3 Å². The van der Waals surface area contributed by atoms with Gasteiger partial charge in [0, 0.05) is 85.3 Å². The third-order valence-electron chi connectivity index (χ3n) is 20.5. The topological polar surface area (TPSA) is 16.2 Å². The van der Waals surface area contributed by atoms with E-state index in [2.05, 4.69) is 454 Å². The fourth-order valence-corrected chi connectivity index (χ4v) is 14.8. The molecule has 15 aromatic carbocycles. The zero-order valence-corrected chi connectivity index (χ0v) is 66.5. The molecule has 0 saturated heterocycles. The average Bonchev–Trinajstić information content (AvgIpc) is 0.788. The lowest BCUT2D eigenvalue weighted by atomic mass is 9.98. The number of benzene rings is 15. The Morgan fingerprint density at radius 3 is 0.696 bits per heavy atom. The Bertz CT molecular complexity index is 5680. The van der Waals surface area contributed by atoms with Crippen LogP contribution in [0.2, 0.25) is 0 Å². The summed E-state index contributed by atoms with van der Waals surface area (Å²) in [6.07, 6.45) is 5.70. The number of aryl methyl sites for hydroxylation is 11. The second kappa shape index (κ2) is 35.3. The first-order chi connectivity index (χ1) is 54.4. The van der Waals surface area contributed by atoms with Gasteiger partial charge < -0.3 is 24.5 Å². The summed E-state index contributed by atoms with van der Waals surface area (Å²) in [6, 6.07) is 124. The third kappa shape index (κ3) is 17.9. The van der Waals surface area contributed by atoms with Crippen molar-refractivity contribution in [1.29, 1.82) is 0 Å². The first-order valence-corrected chi connectivity index (χ1v) is 38.5. The van der Waals surface area contributed by atoms with Gasteiger partial charge in [-0.25, -0.2) is 0 Å². The summed E-state index contributed by atoms with van der Waals surface area (Å²) in [7, 11) is 0. The maximum absolute atomic E-state index is 3.99. The van der Waals surface area contributed by atoms with Crippen LogP contribution in [0, 0.1) is 76.2 Å². The van der Waals surface area contributed by atoms with Gasteiger partial charge in [-0.3, -0.25) is 0 Å². The van der Waals surface area contributed by atoms with Crippen molar-refractivity contribution in [3.8, 4) is 22.3 Å². The van der Waals surface area contributed by atoms with Crippen LogP contribution >= 0.6 is 0 Å². The van der Waals surface area contributed by atoms with Crippen molar-refractivity contribution in [3.63, 3.8) is 0 Å². The van der Waals surface area contributed by atoms with Gasteiger partial charge in [0.15, 0.2) is 0 Å². The number of hydrogen-bond donors (Lipinski definition) is 0. The maximum Gasteiger partial charge on any atom is 0.0491 e. The molecule has 0 unspecified atom stereocenters. The van der Waals surface area contributed by atoms with Crippen molar-refractivity contribution in [2.45, 2.75) is 76.2 Å². The second-order valence-corrected chi connectivity index (χ2v) is 29.2. The number of rotatable bonds is 20. The Balaban J connectivity index is 0.000000157. The molecular weight excluding hydrogens is 1360 g/mol. The van der Waals surface area contributed by atoms with Crippen molar-refractivity contribution < 1.29 is 0 Å². The van der Waals surface area contributed by atoms with Gasteiger partial charge in [-0.1, -0.05) is 202 Å². The van der Waals surface area contributed by atoms with Gasteiger partial charge in [0.1, 0.15) is 0 Å². The summed E-state index contributed by atoms with van der Waals surface area (Å²) in [5.74, 6) is 0. The molecule has 0 saturated carbocycles. The minimum absolute atomic E-state index is 1.12. The number of hydrogen-bond acceptors (Lipinski definition) is 5. The molecule has 0 aliphatic heterocycles. The predicted molar refractivity (Wildman–Crippen MR) is 486 cm³/mol. The summed E-state index contributed by atoms with van der Waals surface area (Å²) < 4.78 is 0. The molecule has 0 aromatic heterocycles. The number of nitrogens with zero attached hydrogens (tertiary/aromatic N) is 5. The van der Waals surface area contributed by atoms with E-state index in [-0.39, 0.29) is 0 Å². The molecular formula is C107H99N5. The quantitative estimate of drug-likeness (QED) is 0.0754. The smallest absolute Gasteiger partial charge is 0.0491 e. The molecule has 0 N–H and O–H groups in total. The standard InChI is InChI=1S/C44H42N2.C43H40N2.C20H17N/c1-8-36-18-21-42(29-33(36)5)46(41-17-11-14-32(4)26-41)44-23-20-38(28-35(44)7)37-19-22-43(34(6)27-37)45(39-15-9-12-30(2)24-39)40-16-10-13-31(3)25-40;1-7-35-17-23-42(29-33(35)5)45(41-16-10-13-32(4)27-41)43-24-20-37(28-34(43)6)36-18-21-38(22-19-36)44(39-14-8-11-30(2)25-39)40-15-9-12-31(3)26-40;1-2-17-13-15-20(16-14-17)21(18-9-5-3-6-10-18)19-11-7-4-8-12-19/h8-29H,1H2,2-7H3;7-29H,1H2,2-6H3;2-16H,1H2. The lowest BCUT2D eigenvalue weighted by Gasteiger charge is -2.29. The van der Waals surface area contributed by atoms with Crippen LogP contribution in [-0.4, -0.2) is 0 Å². The fraction of sp³-hybridized carbons (Fsp3) is 0.103. The highest BCUT2D eigenvalue weighted by atomic mass is 15.2. The predicted octanol–water partition coefficient (Wildman–Crippen LogP) is 31.1. The van der Waals surface area contributed by atoms with Crippen molar-refractivity contribution in [2.24, 2.45) is 0 Å². The van der Waals surface area contributed by atoms with Gasteiger partial charge >= 0.3 is 0 Å². The molecule has 0 aliphatic rings. The van der Waals surface area contributed by atoms with E-state index in [0.717, 1.165) is 90.6 Å². The first-order valence-electron chi connectivity index (χ1n) is 38.5. The Hall–Kier alpha value is -13.5. The molecule has 5 nitrogen and oxygen atoms in total. The second-order valence-electron chi connectivity index (χ2n) is 29.2. The van der Waals surface area contributed by atoms with Gasteiger partial charge in [-0.2, -0.15) is 0 Å². The molecule has 0 amide bonds. The van der Waals surface area contributed by atoms with Crippen LogP contribution in [0.3, 0.4) is 0 Å². The van der Waals surface area contributed by atoms with Crippen LogP contribution in [0.5, 0.6) is 0 Å². The minimum Gasteiger partial charge on any atom is -0.311 e. The van der Waals surface area contributed by atoms with Crippen LogP contribution in [0.15, 0.2) is 366 Å². The number of anilines is 15. The summed E-state index contributed by atoms with van der Waals surface area (Å²) in [4.78, 5) is 11.7. The third-order valence-corrected chi connectivity index (χ3v) is 20.5. The van der Waals surface area contributed by atoms with Crippen molar-refractivity contribution in [3.05, 3.63) is 443 Å². The molecule has 0 heterocycles. The van der Waals surface area contributed by atoms with E-state index in [1.165, 1.54) is 94.8 Å². The lowest BCUT2D eigenvalue weighted by Crippen LogP contribution is -2.12. The highest BCUT2D eigenvalue weighted by Gasteiger charge is 2.22. The van der Waals surface area contributed by atoms with Crippen molar-refractivity contribution >= 4 is 104 Å². The molecule has 0 spiro atoms. The Kier molecular flexibility index (Phi) is 24.1. The molecule has 0 aliphatic carbocycles. The number of para-hydroxylation sites is 2. The zero-order chi connectivity index (χ0) is 78.4. The Labute approximate surface area is 665 Å². The van der Waals surface area contributed by atoms with E-state index in [1.54, 1.807) is 0 Å². The zero-order valence-electron chi connectivity index (χ0n) is 66.5. The first kappa shape index (κ1) is 76.7. The van der Waals surface area contributed by atoms with E-state index in [9.17, 15) is 0 Å². The average molecular weight is 1460 g/mol. The SMILES string of the molecule is C=Cc1ccc(N(c2cccc(C)c2)c2ccc(-c3ccc(N(c4cccc(C)c4)c4cccc(C)c4)c(C)c3)cc2C)cc1C.C=Cc1ccc(N(c2cccc(C)c2)c2ccc(-c3ccc(N(c4cccc(C)c4)c4cccc(C)c4)cc3)cc2C)cc1C.C=Cc1ccc(N(c2ccccc2)c2ccccc2)cc1. The highest BCUT2D eigenvalue weighted by Crippen LogP contribution is 2.45. The molecule has 0 fully saturated rings. The lowest BCUT2D eigenvalue weighted by molar-refractivity contribution is 1.23. The molecule has 15 aromatic rings. The summed E-state index contributed by atoms with van der Waals surface area (Å²) >= 11 is 0. The van der Waals surface area contributed by atoms with E-state index in [4.69, 9.17) is 0 Å². The van der Waals surface area contributed by atoms with E-state index in [1.807, 2.05) is 30.4 Å².